The van der Waals surface area contributed by atoms with Crippen molar-refractivity contribution in [3.63, 3.8) is 0 Å². The number of benzene rings is 1. The van der Waals surface area contributed by atoms with Crippen LogP contribution in [-0.2, 0) is 11.2 Å². The van der Waals surface area contributed by atoms with E-state index < -0.39 is 0 Å². The smallest absolute Gasteiger partial charge is 0.226 e. The van der Waals surface area contributed by atoms with Gasteiger partial charge in [-0.1, -0.05) is 41.9 Å². The molecule has 1 rings (SSSR count). The van der Waals surface area contributed by atoms with Gasteiger partial charge >= 0.3 is 0 Å². The molecule has 0 fully saturated rings. The van der Waals surface area contributed by atoms with Gasteiger partial charge in [0.2, 0.25) is 5.91 Å². The van der Waals surface area contributed by atoms with Gasteiger partial charge in [0.05, 0.1) is 6.42 Å². The third-order valence-corrected chi connectivity index (χ3v) is 3.14. The van der Waals surface area contributed by atoms with E-state index in [4.69, 9.17) is 0 Å². The average Bonchev–Trinajstić information content (AvgIpc) is 2.32. The number of hydrogen-bond donors (Lipinski definition) is 0. The average molecular weight is 298 g/mol. The number of rotatable bonds is 6. The maximum Gasteiger partial charge on any atom is 0.226 e. The topological polar surface area (TPSA) is 20.3 Å². The van der Waals surface area contributed by atoms with Crippen LogP contribution in [0.15, 0.2) is 28.7 Å². The first-order chi connectivity index (χ1) is 8.17. The van der Waals surface area contributed by atoms with Crippen LogP contribution in [-0.4, -0.2) is 23.9 Å². The summed E-state index contributed by atoms with van der Waals surface area (Å²) in [4.78, 5) is 14.1. The Morgan fingerprint density at radius 3 is 2.12 bits per heavy atom. The zero-order valence-corrected chi connectivity index (χ0v) is 12.2. The number of carbonyl (C=O) groups is 1. The van der Waals surface area contributed by atoms with Crippen molar-refractivity contribution in [2.24, 2.45) is 0 Å². The first kappa shape index (κ1) is 14.2. The Hall–Kier alpha value is -0.830. The molecule has 0 aromatic heterocycles. The summed E-state index contributed by atoms with van der Waals surface area (Å²) in [6, 6.07) is 7.95. The Bertz CT molecular complexity index is 342. The van der Waals surface area contributed by atoms with Gasteiger partial charge in [-0.2, -0.15) is 0 Å². The van der Waals surface area contributed by atoms with Crippen molar-refractivity contribution in [2.45, 2.75) is 33.1 Å². The largest absolute Gasteiger partial charge is 0.342 e. The van der Waals surface area contributed by atoms with E-state index in [-0.39, 0.29) is 5.91 Å². The normalized spacial score (nSPS) is 10.3. The molecule has 0 aliphatic heterocycles. The van der Waals surface area contributed by atoms with Crippen molar-refractivity contribution in [1.29, 1.82) is 0 Å². The highest BCUT2D eigenvalue weighted by Crippen LogP contribution is 2.12. The first-order valence-corrected chi connectivity index (χ1v) is 6.98. The number of carbonyl (C=O) groups excluding carboxylic acids is 1. The van der Waals surface area contributed by atoms with Gasteiger partial charge in [0, 0.05) is 17.6 Å². The summed E-state index contributed by atoms with van der Waals surface area (Å²) in [5.41, 5.74) is 1.08. The molecule has 0 atom stereocenters. The van der Waals surface area contributed by atoms with E-state index in [2.05, 4.69) is 29.8 Å². The molecule has 0 heterocycles. The molecule has 2 nitrogen and oxygen atoms in total. The summed E-state index contributed by atoms with van der Waals surface area (Å²) in [5.74, 6) is 0.232. The number of amides is 1. The number of halogens is 1. The van der Waals surface area contributed by atoms with Crippen LogP contribution in [0.5, 0.6) is 0 Å². The molecular formula is C14H20BrNO. The molecular weight excluding hydrogens is 278 g/mol. The molecule has 0 aliphatic carbocycles. The summed E-state index contributed by atoms with van der Waals surface area (Å²) >= 11 is 3.39. The summed E-state index contributed by atoms with van der Waals surface area (Å²) in [7, 11) is 0. The lowest BCUT2D eigenvalue weighted by Crippen LogP contribution is -2.33. The zero-order chi connectivity index (χ0) is 12.7. The Morgan fingerprint density at radius 1 is 1.12 bits per heavy atom. The van der Waals surface area contributed by atoms with Crippen LogP contribution in [0.2, 0.25) is 0 Å². The summed E-state index contributed by atoms with van der Waals surface area (Å²) in [6.45, 7) is 5.94. The molecule has 0 saturated carbocycles. The molecule has 0 unspecified atom stereocenters. The fraction of sp³-hybridized carbons (Fsp3) is 0.500. The van der Waals surface area contributed by atoms with Crippen LogP contribution < -0.4 is 0 Å². The van der Waals surface area contributed by atoms with Gasteiger partial charge in [-0.05, 0) is 30.5 Å². The minimum Gasteiger partial charge on any atom is -0.342 e. The molecule has 0 bridgehead atoms. The Kier molecular flexibility index (Phi) is 6.27. The van der Waals surface area contributed by atoms with Crippen LogP contribution in [0, 0.1) is 0 Å². The molecule has 1 aromatic carbocycles. The van der Waals surface area contributed by atoms with Gasteiger partial charge in [0.1, 0.15) is 0 Å². The molecule has 0 N–H and O–H groups in total. The van der Waals surface area contributed by atoms with Crippen molar-refractivity contribution >= 4 is 21.8 Å². The predicted molar refractivity (Wildman–Crippen MR) is 75.0 cm³/mol. The summed E-state index contributed by atoms with van der Waals surface area (Å²) in [6.07, 6.45) is 2.55. The highest BCUT2D eigenvalue weighted by Gasteiger charge is 2.11. The van der Waals surface area contributed by atoms with Gasteiger partial charge in [-0.25, -0.2) is 0 Å². The zero-order valence-electron chi connectivity index (χ0n) is 10.6. The molecule has 0 spiro atoms. The van der Waals surface area contributed by atoms with Crippen molar-refractivity contribution in [2.75, 3.05) is 13.1 Å². The molecule has 0 radical (unpaired) electrons. The Balaban J connectivity index is 2.59. The van der Waals surface area contributed by atoms with E-state index in [0.717, 1.165) is 36.0 Å². The molecule has 0 saturated heterocycles. The van der Waals surface area contributed by atoms with Crippen LogP contribution in [0.1, 0.15) is 32.3 Å². The second kappa shape index (κ2) is 7.49. The Labute approximate surface area is 112 Å². The molecule has 94 valence electrons. The van der Waals surface area contributed by atoms with Gasteiger partial charge in [0.25, 0.3) is 0 Å². The van der Waals surface area contributed by atoms with Gasteiger partial charge in [-0.15, -0.1) is 0 Å². The molecule has 0 aliphatic rings. The monoisotopic (exact) mass is 297 g/mol. The lowest BCUT2D eigenvalue weighted by molar-refractivity contribution is -0.130. The van der Waals surface area contributed by atoms with Gasteiger partial charge in [0.15, 0.2) is 0 Å². The van der Waals surface area contributed by atoms with Crippen molar-refractivity contribution in [1.82, 2.24) is 4.90 Å². The number of hydrogen-bond acceptors (Lipinski definition) is 1. The van der Waals surface area contributed by atoms with E-state index in [1.165, 1.54) is 0 Å². The van der Waals surface area contributed by atoms with E-state index in [1.54, 1.807) is 0 Å². The van der Waals surface area contributed by atoms with E-state index in [1.807, 2.05) is 29.2 Å². The van der Waals surface area contributed by atoms with Crippen LogP contribution in [0.25, 0.3) is 0 Å². The maximum atomic E-state index is 12.1. The van der Waals surface area contributed by atoms with E-state index in [9.17, 15) is 4.79 Å². The second-order valence-electron chi connectivity index (χ2n) is 4.18. The SMILES string of the molecule is CCCN(CCC)C(=O)Cc1ccc(Br)cc1. The number of nitrogens with zero attached hydrogens (tertiary/aromatic N) is 1. The maximum absolute atomic E-state index is 12.1. The highest BCUT2D eigenvalue weighted by atomic mass is 79.9. The van der Waals surface area contributed by atoms with Crippen molar-refractivity contribution < 1.29 is 4.79 Å². The highest BCUT2D eigenvalue weighted by molar-refractivity contribution is 9.10. The molecule has 1 aromatic rings. The quantitative estimate of drug-likeness (QED) is 0.785. The minimum atomic E-state index is 0.232. The van der Waals surface area contributed by atoms with Crippen LogP contribution in [0.4, 0.5) is 0 Å². The Morgan fingerprint density at radius 2 is 1.65 bits per heavy atom. The fourth-order valence-electron chi connectivity index (χ4n) is 1.79. The lowest BCUT2D eigenvalue weighted by atomic mass is 10.1. The predicted octanol–water partition coefficient (Wildman–Crippen LogP) is 3.64. The van der Waals surface area contributed by atoms with Crippen molar-refractivity contribution in [3.8, 4) is 0 Å². The third kappa shape index (κ3) is 4.90. The first-order valence-electron chi connectivity index (χ1n) is 6.19. The standard InChI is InChI=1S/C14H20BrNO/c1-3-9-16(10-4-2)14(17)11-12-5-7-13(15)8-6-12/h5-8H,3-4,9-11H2,1-2H3. The minimum absolute atomic E-state index is 0.232. The summed E-state index contributed by atoms with van der Waals surface area (Å²) < 4.78 is 1.05. The van der Waals surface area contributed by atoms with E-state index >= 15 is 0 Å². The fourth-order valence-corrected chi connectivity index (χ4v) is 2.05. The van der Waals surface area contributed by atoms with E-state index in [0.29, 0.717) is 6.42 Å². The molecule has 17 heavy (non-hydrogen) atoms. The van der Waals surface area contributed by atoms with Gasteiger partial charge in [-0.3, -0.25) is 4.79 Å². The van der Waals surface area contributed by atoms with Crippen molar-refractivity contribution in [3.05, 3.63) is 34.3 Å². The molecule has 3 heteroatoms. The lowest BCUT2D eigenvalue weighted by Gasteiger charge is -2.21. The third-order valence-electron chi connectivity index (χ3n) is 2.61. The molecule has 1 amide bonds. The van der Waals surface area contributed by atoms with Gasteiger partial charge < -0.3 is 4.90 Å². The second-order valence-corrected chi connectivity index (χ2v) is 5.10. The van der Waals surface area contributed by atoms with Crippen LogP contribution >= 0.6 is 15.9 Å². The summed E-state index contributed by atoms with van der Waals surface area (Å²) in [5, 5.41) is 0. The van der Waals surface area contributed by atoms with Crippen LogP contribution in [0.3, 0.4) is 0 Å².